The van der Waals surface area contributed by atoms with Gasteiger partial charge in [0.25, 0.3) is 0 Å². The van der Waals surface area contributed by atoms with Gasteiger partial charge < -0.3 is 15.4 Å². The van der Waals surface area contributed by atoms with Crippen LogP contribution in [0.15, 0.2) is 47.5 Å². The number of aliphatic imine (C=N–C) groups is 1. The molecular formula is C18H20F4IN3O. The number of rotatable bonds is 5. The summed E-state index contributed by atoms with van der Waals surface area (Å²) in [6.45, 7) is 0.222. The number of guanidine groups is 1. The molecule has 0 bridgehead atoms. The van der Waals surface area contributed by atoms with Crippen molar-refractivity contribution in [1.82, 2.24) is 10.6 Å². The Balaban J connectivity index is 0.00000364. The summed E-state index contributed by atoms with van der Waals surface area (Å²) in [5.74, 6) is 0.0708. The zero-order valence-electron chi connectivity index (χ0n) is 14.7. The summed E-state index contributed by atoms with van der Waals surface area (Å²) in [4.78, 5) is 3.98. The fourth-order valence-electron chi connectivity index (χ4n) is 2.39. The summed E-state index contributed by atoms with van der Waals surface area (Å²) >= 11 is 0. The average Bonchev–Trinajstić information content (AvgIpc) is 2.62. The fourth-order valence-corrected chi connectivity index (χ4v) is 2.39. The number of halogens is 5. The van der Waals surface area contributed by atoms with Crippen molar-refractivity contribution in [2.45, 2.75) is 19.3 Å². The molecule has 0 aliphatic carbocycles. The smallest absolute Gasteiger partial charge is 0.416 e. The highest BCUT2D eigenvalue weighted by molar-refractivity contribution is 14.0. The van der Waals surface area contributed by atoms with Gasteiger partial charge >= 0.3 is 6.18 Å². The molecule has 0 amide bonds. The lowest BCUT2D eigenvalue weighted by molar-refractivity contribution is -0.138. The van der Waals surface area contributed by atoms with Crippen molar-refractivity contribution < 1.29 is 22.3 Å². The predicted octanol–water partition coefficient (Wildman–Crippen LogP) is 4.34. The van der Waals surface area contributed by atoms with Crippen molar-refractivity contribution in [3.05, 3.63) is 65.0 Å². The van der Waals surface area contributed by atoms with Gasteiger partial charge in [-0.2, -0.15) is 13.2 Å². The van der Waals surface area contributed by atoms with Gasteiger partial charge in [0, 0.05) is 25.7 Å². The van der Waals surface area contributed by atoms with Gasteiger partial charge in [0.2, 0.25) is 0 Å². The number of benzene rings is 2. The number of hydrogen-bond donors (Lipinski definition) is 2. The highest BCUT2D eigenvalue weighted by atomic mass is 127. The summed E-state index contributed by atoms with van der Waals surface area (Å²) in [6.07, 6.45) is -4.63. The van der Waals surface area contributed by atoms with Crippen LogP contribution in [0.3, 0.4) is 0 Å². The normalized spacial score (nSPS) is 11.6. The van der Waals surface area contributed by atoms with Crippen LogP contribution >= 0.6 is 24.0 Å². The van der Waals surface area contributed by atoms with Gasteiger partial charge in [0.1, 0.15) is 11.6 Å². The molecule has 0 heterocycles. The third-order valence-electron chi connectivity index (χ3n) is 3.69. The van der Waals surface area contributed by atoms with E-state index in [-0.39, 0.29) is 36.1 Å². The first-order chi connectivity index (χ1) is 12.3. The molecule has 2 rings (SSSR count). The third kappa shape index (κ3) is 6.56. The highest BCUT2D eigenvalue weighted by Crippen LogP contribution is 2.32. The van der Waals surface area contributed by atoms with Crippen LogP contribution < -0.4 is 15.4 Å². The topological polar surface area (TPSA) is 45.7 Å². The minimum absolute atomic E-state index is 0. The lowest BCUT2D eigenvalue weighted by atomic mass is 10.1. The molecule has 148 valence electrons. The molecule has 0 unspecified atom stereocenters. The van der Waals surface area contributed by atoms with E-state index in [9.17, 15) is 17.6 Å². The zero-order chi connectivity index (χ0) is 19.2. The average molecular weight is 497 g/mol. The highest BCUT2D eigenvalue weighted by Gasteiger charge is 2.33. The van der Waals surface area contributed by atoms with Crippen molar-refractivity contribution in [3.63, 3.8) is 0 Å². The van der Waals surface area contributed by atoms with Gasteiger partial charge in [0.05, 0.1) is 12.7 Å². The number of nitrogens with one attached hydrogen (secondary N) is 2. The maximum Gasteiger partial charge on any atom is 0.416 e. The maximum absolute atomic E-state index is 13.2. The molecule has 0 aromatic heterocycles. The van der Waals surface area contributed by atoms with Gasteiger partial charge in [-0.05, 0) is 23.8 Å². The van der Waals surface area contributed by atoms with Crippen LogP contribution in [0.2, 0.25) is 0 Å². The van der Waals surface area contributed by atoms with Crippen LogP contribution in [0.5, 0.6) is 5.75 Å². The Morgan fingerprint density at radius 1 is 1.04 bits per heavy atom. The first-order valence-electron chi connectivity index (χ1n) is 7.77. The molecule has 0 aliphatic heterocycles. The number of para-hydroxylation sites is 1. The molecule has 0 aliphatic rings. The summed E-state index contributed by atoms with van der Waals surface area (Å²) in [7, 11) is 3.06. The minimum atomic E-state index is -4.63. The Kier molecular flexibility index (Phi) is 8.80. The van der Waals surface area contributed by atoms with E-state index in [1.165, 1.54) is 7.05 Å². The second-order valence-corrected chi connectivity index (χ2v) is 5.39. The number of hydrogen-bond acceptors (Lipinski definition) is 2. The van der Waals surface area contributed by atoms with Crippen LogP contribution in [0.25, 0.3) is 0 Å². The van der Waals surface area contributed by atoms with E-state index in [1.54, 1.807) is 13.2 Å². The Labute approximate surface area is 172 Å². The molecule has 0 fully saturated rings. The molecule has 0 atom stereocenters. The summed E-state index contributed by atoms with van der Waals surface area (Å²) in [5.41, 5.74) is -0.208. The van der Waals surface area contributed by atoms with Crippen molar-refractivity contribution in [1.29, 1.82) is 0 Å². The molecule has 0 radical (unpaired) electrons. The minimum Gasteiger partial charge on any atom is -0.496 e. The maximum atomic E-state index is 13.2. The SMILES string of the molecule is CN=C(NCc1ccccc1OC)NCc1ccc(F)cc1C(F)(F)F.I. The van der Waals surface area contributed by atoms with E-state index < -0.39 is 17.6 Å². The Bertz CT molecular complexity index is 781. The predicted molar refractivity (Wildman–Crippen MR) is 107 cm³/mol. The zero-order valence-corrected chi connectivity index (χ0v) is 17.1. The van der Waals surface area contributed by atoms with Crippen molar-refractivity contribution >= 4 is 29.9 Å². The lowest BCUT2D eigenvalue weighted by Crippen LogP contribution is -2.36. The molecular weight excluding hydrogens is 477 g/mol. The molecule has 2 N–H and O–H groups in total. The first-order valence-corrected chi connectivity index (χ1v) is 7.77. The lowest BCUT2D eigenvalue weighted by Gasteiger charge is -2.16. The van der Waals surface area contributed by atoms with Gasteiger partial charge in [0.15, 0.2) is 5.96 Å². The van der Waals surface area contributed by atoms with E-state index in [0.717, 1.165) is 17.7 Å². The van der Waals surface area contributed by atoms with Crippen LogP contribution in [-0.4, -0.2) is 20.1 Å². The van der Waals surface area contributed by atoms with Crippen LogP contribution in [0, 0.1) is 5.82 Å². The van der Waals surface area contributed by atoms with E-state index in [0.29, 0.717) is 24.3 Å². The molecule has 0 spiro atoms. The molecule has 0 saturated carbocycles. The fraction of sp³-hybridized carbons (Fsp3) is 0.278. The van der Waals surface area contributed by atoms with Crippen LogP contribution in [0.4, 0.5) is 17.6 Å². The molecule has 0 saturated heterocycles. The van der Waals surface area contributed by atoms with Gasteiger partial charge in [-0.15, -0.1) is 24.0 Å². The number of methoxy groups -OCH3 is 1. The number of alkyl halides is 3. The van der Waals surface area contributed by atoms with Crippen LogP contribution in [-0.2, 0) is 19.3 Å². The molecule has 2 aromatic rings. The first kappa shape index (κ1) is 23.0. The molecule has 9 heteroatoms. The standard InChI is InChI=1S/C18H19F4N3O.HI/c1-23-17(25-11-13-5-3-4-6-16(13)26-2)24-10-12-7-8-14(19)9-15(12)18(20,21)22;/h3-9H,10-11H2,1-2H3,(H2,23,24,25);1H. The largest absolute Gasteiger partial charge is 0.496 e. The summed E-state index contributed by atoms with van der Waals surface area (Å²) in [5, 5.41) is 5.80. The van der Waals surface area contributed by atoms with Crippen molar-refractivity contribution in [2.24, 2.45) is 4.99 Å². The van der Waals surface area contributed by atoms with Crippen molar-refractivity contribution in [2.75, 3.05) is 14.2 Å². The Morgan fingerprint density at radius 3 is 2.26 bits per heavy atom. The number of ether oxygens (including phenoxy) is 1. The summed E-state index contributed by atoms with van der Waals surface area (Å²) < 4.78 is 57.5. The Hall–Kier alpha value is -2.04. The Morgan fingerprint density at radius 2 is 1.67 bits per heavy atom. The van der Waals surface area contributed by atoms with E-state index in [2.05, 4.69) is 15.6 Å². The van der Waals surface area contributed by atoms with Crippen molar-refractivity contribution in [3.8, 4) is 5.75 Å². The van der Waals surface area contributed by atoms with E-state index in [1.807, 2.05) is 18.2 Å². The molecule has 27 heavy (non-hydrogen) atoms. The second kappa shape index (κ2) is 10.3. The third-order valence-corrected chi connectivity index (χ3v) is 3.69. The molecule has 4 nitrogen and oxygen atoms in total. The van der Waals surface area contributed by atoms with Gasteiger partial charge in [-0.25, -0.2) is 4.39 Å². The number of nitrogens with zero attached hydrogens (tertiary/aromatic N) is 1. The van der Waals surface area contributed by atoms with Gasteiger partial charge in [-0.3, -0.25) is 4.99 Å². The summed E-state index contributed by atoms with van der Waals surface area (Å²) in [6, 6.07) is 9.95. The molecule has 2 aromatic carbocycles. The second-order valence-electron chi connectivity index (χ2n) is 5.39. The van der Waals surface area contributed by atoms with Crippen LogP contribution in [0.1, 0.15) is 16.7 Å². The van der Waals surface area contributed by atoms with Gasteiger partial charge in [-0.1, -0.05) is 24.3 Å². The quantitative estimate of drug-likeness (QED) is 0.280. The van der Waals surface area contributed by atoms with E-state index in [4.69, 9.17) is 4.74 Å². The van der Waals surface area contributed by atoms with E-state index >= 15 is 0 Å². The monoisotopic (exact) mass is 497 g/mol.